The largest absolute Gasteiger partial charge is 0.356 e. The zero-order valence-corrected chi connectivity index (χ0v) is 13.6. The Labute approximate surface area is 136 Å². The molecule has 0 aromatic carbocycles. The summed E-state index contributed by atoms with van der Waals surface area (Å²) in [6, 6.07) is 7.86. The summed E-state index contributed by atoms with van der Waals surface area (Å²) in [7, 11) is 1.92. The van der Waals surface area contributed by atoms with Crippen LogP contribution in [0.1, 0.15) is 12.6 Å². The van der Waals surface area contributed by atoms with Gasteiger partial charge in [0.2, 0.25) is 5.91 Å². The summed E-state index contributed by atoms with van der Waals surface area (Å²) in [5.41, 5.74) is 1.12. The number of pyridine rings is 1. The summed E-state index contributed by atoms with van der Waals surface area (Å²) < 4.78 is 1.84. The van der Waals surface area contributed by atoms with Gasteiger partial charge in [0.05, 0.1) is 5.92 Å². The van der Waals surface area contributed by atoms with Crippen molar-refractivity contribution in [2.24, 2.45) is 18.9 Å². The molecule has 1 aliphatic rings. The van der Waals surface area contributed by atoms with Crippen molar-refractivity contribution in [3.8, 4) is 0 Å². The van der Waals surface area contributed by atoms with E-state index in [-0.39, 0.29) is 11.8 Å². The minimum absolute atomic E-state index is 0.0172. The highest BCUT2D eigenvalue weighted by Gasteiger charge is 2.35. The van der Waals surface area contributed by atoms with E-state index in [4.69, 9.17) is 0 Å². The molecule has 2 aromatic heterocycles. The molecule has 0 aliphatic carbocycles. The van der Waals surface area contributed by atoms with Gasteiger partial charge in [0.25, 0.3) is 0 Å². The molecular formula is C17H23N5O. The first-order valence-electron chi connectivity index (χ1n) is 8.05. The van der Waals surface area contributed by atoms with Crippen LogP contribution in [0.5, 0.6) is 0 Å². The van der Waals surface area contributed by atoms with Gasteiger partial charge in [-0.1, -0.05) is 13.0 Å². The van der Waals surface area contributed by atoms with Gasteiger partial charge >= 0.3 is 0 Å². The van der Waals surface area contributed by atoms with Crippen LogP contribution in [0.2, 0.25) is 0 Å². The summed E-state index contributed by atoms with van der Waals surface area (Å²) in [6.45, 7) is 4.38. The third-order valence-electron chi connectivity index (χ3n) is 4.53. The third kappa shape index (κ3) is 3.52. The number of nitrogens with zero attached hydrogens (tertiary/aromatic N) is 4. The normalized spacial score (nSPS) is 20.7. The second-order valence-corrected chi connectivity index (χ2v) is 6.16. The van der Waals surface area contributed by atoms with Crippen molar-refractivity contribution in [1.82, 2.24) is 20.1 Å². The predicted molar refractivity (Wildman–Crippen MR) is 89.0 cm³/mol. The standard InChI is InChI=1S/C17H23N5O/c1-13-11-22(16-5-3-4-8-18-16)12-15(13)17(23)19-9-6-14-7-10-20-21(14)2/h3-5,7-8,10,13,15H,6,9,11-12H2,1-2H3,(H,19,23)/t13-,15-/m1/s1. The second-order valence-electron chi connectivity index (χ2n) is 6.16. The molecule has 0 saturated carbocycles. The molecule has 1 amide bonds. The number of amides is 1. The average molecular weight is 313 g/mol. The fraction of sp³-hybridized carbons (Fsp3) is 0.471. The van der Waals surface area contributed by atoms with E-state index in [2.05, 4.69) is 27.2 Å². The van der Waals surface area contributed by atoms with Gasteiger partial charge in [0.15, 0.2) is 0 Å². The zero-order chi connectivity index (χ0) is 16.2. The molecular weight excluding hydrogens is 290 g/mol. The number of rotatable bonds is 5. The third-order valence-corrected chi connectivity index (χ3v) is 4.53. The quantitative estimate of drug-likeness (QED) is 0.902. The smallest absolute Gasteiger partial charge is 0.225 e. The summed E-state index contributed by atoms with van der Waals surface area (Å²) in [5.74, 6) is 1.43. The number of carbonyl (C=O) groups is 1. The average Bonchev–Trinajstić information content (AvgIpc) is 3.14. The van der Waals surface area contributed by atoms with E-state index in [1.54, 1.807) is 12.4 Å². The van der Waals surface area contributed by atoms with Gasteiger partial charge in [-0.2, -0.15) is 5.10 Å². The Balaban J connectivity index is 1.52. The van der Waals surface area contributed by atoms with Crippen molar-refractivity contribution in [1.29, 1.82) is 0 Å². The van der Waals surface area contributed by atoms with Crippen LogP contribution in [0, 0.1) is 11.8 Å². The van der Waals surface area contributed by atoms with Crippen molar-refractivity contribution in [3.05, 3.63) is 42.4 Å². The van der Waals surface area contributed by atoms with Crippen LogP contribution in [-0.4, -0.2) is 40.3 Å². The first-order valence-corrected chi connectivity index (χ1v) is 8.05. The van der Waals surface area contributed by atoms with Crippen LogP contribution < -0.4 is 10.2 Å². The number of aryl methyl sites for hydroxylation is 1. The van der Waals surface area contributed by atoms with Crippen LogP contribution in [0.4, 0.5) is 5.82 Å². The lowest BCUT2D eigenvalue weighted by molar-refractivity contribution is -0.125. The number of nitrogens with one attached hydrogen (secondary N) is 1. The van der Waals surface area contributed by atoms with Gasteiger partial charge in [-0.3, -0.25) is 9.48 Å². The van der Waals surface area contributed by atoms with Crippen LogP contribution >= 0.6 is 0 Å². The molecule has 1 N–H and O–H groups in total. The first kappa shape index (κ1) is 15.5. The Morgan fingerprint density at radius 1 is 1.30 bits per heavy atom. The van der Waals surface area contributed by atoms with Crippen LogP contribution in [0.3, 0.4) is 0 Å². The first-order chi connectivity index (χ1) is 11.1. The van der Waals surface area contributed by atoms with Gasteiger partial charge in [0, 0.05) is 51.2 Å². The molecule has 3 rings (SSSR count). The monoisotopic (exact) mass is 313 g/mol. The summed E-state index contributed by atoms with van der Waals surface area (Å²) in [6.07, 6.45) is 4.37. The number of carbonyl (C=O) groups excluding carboxylic acids is 1. The molecule has 6 heteroatoms. The number of hydrogen-bond donors (Lipinski definition) is 1. The Kier molecular flexibility index (Phi) is 4.60. The van der Waals surface area contributed by atoms with Crippen LogP contribution in [0.15, 0.2) is 36.7 Å². The SMILES string of the molecule is C[C@@H]1CN(c2ccccn2)C[C@H]1C(=O)NCCc1ccnn1C. The molecule has 2 atom stereocenters. The lowest BCUT2D eigenvalue weighted by Gasteiger charge is -2.17. The summed E-state index contributed by atoms with van der Waals surface area (Å²) in [5, 5.41) is 7.20. The predicted octanol–water partition coefficient (Wildman–Crippen LogP) is 1.25. The molecule has 0 unspecified atom stereocenters. The van der Waals surface area contributed by atoms with Gasteiger partial charge in [-0.05, 0) is 24.1 Å². The minimum atomic E-state index is 0.0172. The second kappa shape index (κ2) is 6.81. The molecule has 6 nitrogen and oxygen atoms in total. The van der Waals surface area contributed by atoms with E-state index >= 15 is 0 Å². The molecule has 23 heavy (non-hydrogen) atoms. The maximum absolute atomic E-state index is 12.5. The van der Waals surface area contributed by atoms with Gasteiger partial charge in [-0.15, -0.1) is 0 Å². The van der Waals surface area contributed by atoms with Crippen LogP contribution in [0.25, 0.3) is 0 Å². The van der Waals surface area contributed by atoms with Gasteiger partial charge < -0.3 is 10.2 Å². The maximum Gasteiger partial charge on any atom is 0.225 e. The molecule has 1 fully saturated rings. The van der Waals surface area contributed by atoms with E-state index in [9.17, 15) is 4.79 Å². The Morgan fingerprint density at radius 2 is 2.17 bits per heavy atom. The van der Waals surface area contributed by atoms with Gasteiger partial charge in [0.1, 0.15) is 5.82 Å². The number of aromatic nitrogens is 3. The van der Waals surface area contributed by atoms with Crippen molar-refractivity contribution >= 4 is 11.7 Å². The molecule has 0 spiro atoms. The highest BCUT2D eigenvalue weighted by Crippen LogP contribution is 2.26. The minimum Gasteiger partial charge on any atom is -0.356 e. The number of anilines is 1. The fourth-order valence-electron chi connectivity index (χ4n) is 3.13. The Hall–Kier alpha value is -2.37. The highest BCUT2D eigenvalue weighted by molar-refractivity contribution is 5.80. The van der Waals surface area contributed by atoms with Crippen molar-refractivity contribution in [2.45, 2.75) is 13.3 Å². The fourth-order valence-corrected chi connectivity index (χ4v) is 3.13. The topological polar surface area (TPSA) is 63.1 Å². The Morgan fingerprint density at radius 3 is 2.87 bits per heavy atom. The molecule has 0 bridgehead atoms. The summed E-state index contributed by atoms with van der Waals surface area (Å²) >= 11 is 0. The van der Waals surface area contributed by atoms with E-state index < -0.39 is 0 Å². The molecule has 2 aromatic rings. The van der Waals surface area contributed by atoms with E-state index in [1.165, 1.54) is 0 Å². The molecule has 122 valence electrons. The van der Waals surface area contributed by atoms with E-state index in [0.29, 0.717) is 12.5 Å². The highest BCUT2D eigenvalue weighted by atomic mass is 16.1. The van der Waals surface area contributed by atoms with Gasteiger partial charge in [-0.25, -0.2) is 4.98 Å². The zero-order valence-electron chi connectivity index (χ0n) is 13.6. The lowest BCUT2D eigenvalue weighted by Crippen LogP contribution is -2.36. The molecule has 1 saturated heterocycles. The van der Waals surface area contributed by atoms with E-state index in [0.717, 1.165) is 31.0 Å². The van der Waals surface area contributed by atoms with Crippen LogP contribution in [-0.2, 0) is 18.3 Å². The molecule has 0 radical (unpaired) electrons. The summed E-state index contributed by atoms with van der Waals surface area (Å²) in [4.78, 5) is 19.0. The maximum atomic E-state index is 12.5. The van der Waals surface area contributed by atoms with E-state index in [1.807, 2.05) is 36.0 Å². The Bertz CT molecular complexity index is 654. The van der Waals surface area contributed by atoms with Crippen molar-refractivity contribution in [2.75, 3.05) is 24.5 Å². The van der Waals surface area contributed by atoms with Crippen molar-refractivity contribution < 1.29 is 4.79 Å². The number of hydrogen-bond acceptors (Lipinski definition) is 4. The van der Waals surface area contributed by atoms with Crippen molar-refractivity contribution in [3.63, 3.8) is 0 Å². The molecule has 1 aliphatic heterocycles. The lowest BCUT2D eigenvalue weighted by atomic mass is 9.97. The molecule has 3 heterocycles.